The number of aryl methyl sites for hydroxylation is 3. The molecule has 1 aromatic carbocycles. The van der Waals surface area contributed by atoms with Crippen LogP contribution in [0.4, 0.5) is 5.95 Å². The molecule has 0 fully saturated rings. The molecule has 0 aliphatic heterocycles. The van der Waals surface area contributed by atoms with Crippen LogP contribution in [0.5, 0.6) is 5.75 Å². The molecule has 0 aliphatic rings. The molecule has 0 radical (unpaired) electrons. The molecular formula is C15H17BrN4O2. The Morgan fingerprint density at radius 3 is 2.36 bits per heavy atom. The van der Waals surface area contributed by atoms with E-state index in [1.54, 1.807) is 6.92 Å². The largest absolute Gasteiger partial charge is 0.487 e. The Bertz CT molecular complexity index is 724. The molecule has 7 heteroatoms. The molecule has 6 nitrogen and oxygen atoms in total. The Morgan fingerprint density at radius 2 is 1.82 bits per heavy atom. The molecule has 0 bridgehead atoms. The molecule has 1 heterocycles. The number of nitrogens with zero attached hydrogens (tertiary/aromatic N) is 2. The Balaban J connectivity index is 2.35. The number of hydrogen-bond acceptors (Lipinski definition) is 5. The van der Waals surface area contributed by atoms with Crippen molar-refractivity contribution in [3.05, 3.63) is 44.7 Å². The van der Waals surface area contributed by atoms with Crippen LogP contribution < -0.4 is 16.2 Å². The minimum absolute atomic E-state index is 0.0883. The number of benzene rings is 1. The van der Waals surface area contributed by atoms with Crippen molar-refractivity contribution in [2.45, 2.75) is 27.4 Å². The summed E-state index contributed by atoms with van der Waals surface area (Å²) < 4.78 is 6.82. The summed E-state index contributed by atoms with van der Waals surface area (Å²) in [7, 11) is 0. The zero-order valence-electron chi connectivity index (χ0n) is 12.6. The number of carbonyl (C=O) groups excluding carboxylic acids is 1. The van der Waals surface area contributed by atoms with E-state index < -0.39 is 5.91 Å². The Morgan fingerprint density at radius 1 is 1.23 bits per heavy atom. The predicted octanol–water partition coefficient (Wildman–Crippen LogP) is 2.42. The molecule has 22 heavy (non-hydrogen) atoms. The lowest BCUT2D eigenvalue weighted by Gasteiger charge is -2.14. The van der Waals surface area contributed by atoms with Crippen molar-refractivity contribution >= 4 is 27.8 Å². The van der Waals surface area contributed by atoms with Crippen molar-refractivity contribution < 1.29 is 9.53 Å². The fourth-order valence-electron chi connectivity index (χ4n) is 2.35. The van der Waals surface area contributed by atoms with Crippen LogP contribution in [0.2, 0.25) is 0 Å². The van der Waals surface area contributed by atoms with Crippen molar-refractivity contribution in [2.75, 3.05) is 5.73 Å². The molecule has 1 aromatic heterocycles. The summed E-state index contributed by atoms with van der Waals surface area (Å²) in [5, 5.41) is 0. The van der Waals surface area contributed by atoms with Gasteiger partial charge in [-0.05, 0) is 44.0 Å². The fraction of sp³-hybridized carbons (Fsp3) is 0.267. The molecule has 0 atom stereocenters. The van der Waals surface area contributed by atoms with Crippen molar-refractivity contribution in [1.29, 1.82) is 0 Å². The predicted molar refractivity (Wildman–Crippen MR) is 87.6 cm³/mol. The number of amides is 1. The SMILES string of the molecule is Cc1cc(Br)cc(C)c1OCc1nc(N)nc(C)c1C(N)=O. The summed E-state index contributed by atoms with van der Waals surface area (Å²) in [6.45, 7) is 5.65. The molecule has 1 amide bonds. The van der Waals surface area contributed by atoms with Crippen LogP contribution in [0, 0.1) is 20.8 Å². The number of ether oxygens (including phenoxy) is 1. The third-order valence-corrected chi connectivity index (χ3v) is 3.66. The van der Waals surface area contributed by atoms with Gasteiger partial charge in [-0.1, -0.05) is 15.9 Å². The van der Waals surface area contributed by atoms with Crippen molar-refractivity contribution in [3.63, 3.8) is 0 Å². The minimum Gasteiger partial charge on any atom is -0.487 e. The lowest BCUT2D eigenvalue weighted by Crippen LogP contribution is -2.20. The summed E-state index contributed by atoms with van der Waals surface area (Å²) in [5.74, 6) is 0.235. The third-order valence-electron chi connectivity index (χ3n) is 3.21. The average Bonchev–Trinajstić information content (AvgIpc) is 2.35. The van der Waals surface area contributed by atoms with E-state index in [2.05, 4.69) is 25.9 Å². The first kappa shape index (κ1) is 16.2. The van der Waals surface area contributed by atoms with Crippen LogP contribution in [-0.2, 0) is 6.61 Å². The van der Waals surface area contributed by atoms with Gasteiger partial charge in [0.1, 0.15) is 12.4 Å². The first-order chi connectivity index (χ1) is 10.3. The van der Waals surface area contributed by atoms with Gasteiger partial charge in [-0.15, -0.1) is 0 Å². The summed E-state index contributed by atoms with van der Waals surface area (Å²) in [4.78, 5) is 19.6. The second-order valence-corrected chi connectivity index (χ2v) is 5.93. The molecule has 0 spiro atoms. The van der Waals surface area contributed by atoms with Gasteiger partial charge in [0.15, 0.2) is 0 Å². The maximum absolute atomic E-state index is 11.6. The molecule has 116 valence electrons. The van der Waals surface area contributed by atoms with E-state index >= 15 is 0 Å². The van der Waals surface area contributed by atoms with Crippen molar-refractivity contribution in [2.24, 2.45) is 5.73 Å². The van der Waals surface area contributed by atoms with Gasteiger partial charge in [-0.25, -0.2) is 9.97 Å². The summed E-state index contributed by atoms with van der Waals surface area (Å²) in [6, 6.07) is 3.91. The number of rotatable bonds is 4. The number of halogens is 1. The second kappa shape index (κ2) is 6.31. The number of anilines is 1. The lowest BCUT2D eigenvalue weighted by molar-refractivity contribution is 0.0996. The highest BCUT2D eigenvalue weighted by Gasteiger charge is 2.17. The molecule has 0 unspecified atom stereocenters. The van der Waals surface area contributed by atoms with E-state index in [1.807, 2.05) is 26.0 Å². The minimum atomic E-state index is -0.597. The Labute approximate surface area is 137 Å². The van der Waals surface area contributed by atoms with Crippen molar-refractivity contribution in [3.8, 4) is 5.75 Å². The van der Waals surface area contributed by atoms with Crippen LogP contribution in [-0.4, -0.2) is 15.9 Å². The van der Waals surface area contributed by atoms with Crippen LogP contribution >= 0.6 is 15.9 Å². The monoisotopic (exact) mass is 364 g/mol. The smallest absolute Gasteiger partial charge is 0.252 e. The highest BCUT2D eigenvalue weighted by molar-refractivity contribution is 9.10. The second-order valence-electron chi connectivity index (χ2n) is 5.01. The molecule has 0 saturated carbocycles. The number of nitrogens with two attached hydrogens (primary N) is 2. The topological polar surface area (TPSA) is 104 Å². The highest BCUT2D eigenvalue weighted by Crippen LogP contribution is 2.28. The first-order valence-electron chi connectivity index (χ1n) is 6.62. The lowest BCUT2D eigenvalue weighted by atomic mass is 10.1. The van der Waals surface area contributed by atoms with Gasteiger partial charge in [0.2, 0.25) is 5.95 Å². The quantitative estimate of drug-likeness (QED) is 0.866. The van der Waals surface area contributed by atoms with Gasteiger partial charge in [-0.2, -0.15) is 0 Å². The summed E-state index contributed by atoms with van der Waals surface area (Å²) in [6.07, 6.45) is 0. The first-order valence-corrected chi connectivity index (χ1v) is 7.41. The zero-order chi connectivity index (χ0) is 16.4. The molecule has 0 aliphatic carbocycles. The molecule has 4 N–H and O–H groups in total. The van der Waals surface area contributed by atoms with E-state index in [0.29, 0.717) is 11.4 Å². The molecular weight excluding hydrogens is 348 g/mol. The van der Waals surface area contributed by atoms with E-state index in [1.165, 1.54) is 0 Å². The molecule has 0 saturated heterocycles. The van der Waals surface area contributed by atoms with Crippen LogP contribution in [0.25, 0.3) is 0 Å². The van der Waals surface area contributed by atoms with Crippen LogP contribution in [0.3, 0.4) is 0 Å². The average molecular weight is 365 g/mol. The third kappa shape index (κ3) is 3.36. The fourth-order valence-corrected chi connectivity index (χ4v) is 3.03. The summed E-state index contributed by atoms with van der Waals surface area (Å²) >= 11 is 3.44. The van der Waals surface area contributed by atoms with E-state index in [9.17, 15) is 4.79 Å². The van der Waals surface area contributed by atoms with Gasteiger partial charge in [-0.3, -0.25) is 4.79 Å². The molecule has 2 aromatic rings. The maximum Gasteiger partial charge on any atom is 0.252 e. The Kier molecular flexibility index (Phi) is 4.65. The van der Waals surface area contributed by atoms with E-state index in [0.717, 1.165) is 21.3 Å². The number of aromatic nitrogens is 2. The van der Waals surface area contributed by atoms with Gasteiger partial charge in [0.05, 0.1) is 17.0 Å². The number of nitrogen functional groups attached to an aromatic ring is 1. The van der Waals surface area contributed by atoms with Crippen molar-refractivity contribution in [1.82, 2.24) is 9.97 Å². The molecule has 2 rings (SSSR count). The Hall–Kier alpha value is -2.15. The highest BCUT2D eigenvalue weighted by atomic mass is 79.9. The van der Waals surface area contributed by atoms with E-state index in [4.69, 9.17) is 16.2 Å². The summed E-state index contributed by atoms with van der Waals surface area (Å²) in [5.41, 5.74) is 14.1. The number of hydrogen-bond donors (Lipinski definition) is 2. The maximum atomic E-state index is 11.6. The van der Waals surface area contributed by atoms with Crippen LogP contribution in [0.1, 0.15) is 32.9 Å². The van der Waals surface area contributed by atoms with Gasteiger partial charge >= 0.3 is 0 Å². The van der Waals surface area contributed by atoms with Gasteiger partial charge < -0.3 is 16.2 Å². The van der Waals surface area contributed by atoms with Gasteiger partial charge in [0, 0.05) is 4.47 Å². The zero-order valence-corrected chi connectivity index (χ0v) is 14.2. The van der Waals surface area contributed by atoms with Gasteiger partial charge in [0.25, 0.3) is 5.91 Å². The number of carbonyl (C=O) groups is 1. The van der Waals surface area contributed by atoms with E-state index in [-0.39, 0.29) is 18.1 Å². The number of primary amides is 1. The van der Waals surface area contributed by atoms with Crippen LogP contribution in [0.15, 0.2) is 16.6 Å². The normalized spacial score (nSPS) is 10.5. The standard InChI is InChI=1S/C15H17BrN4O2/c1-7-4-10(16)5-8(2)13(7)22-6-11-12(14(17)21)9(3)19-15(18)20-11/h4-5H,6H2,1-3H3,(H2,17,21)(H2,18,19,20).